The SMILES string of the molecule is Cc1cc(Br)cc2c1NC(=O)C2N. The van der Waals surface area contributed by atoms with Gasteiger partial charge in [-0.3, -0.25) is 4.79 Å². The van der Waals surface area contributed by atoms with Crippen LogP contribution in [-0.2, 0) is 4.79 Å². The highest BCUT2D eigenvalue weighted by Crippen LogP contribution is 2.34. The van der Waals surface area contributed by atoms with Crippen molar-refractivity contribution in [1.82, 2.24) is 0 Å². The van der Waals surface area contributed by atoms with Crippen LogP contribution in [-0.4, -0.2) is 5.91 Å². The van der Waals surface area contributed by atoms with Crippen LogP contribution in [0.25, 0.3) is 0 Å². The van der Waals surface area contributed by atoms with Crippen LogP contribution in [0.3, 0.4) is 0 Å². The van der Waals surface area contributed by atoms with E-state index in [2.05, 4.69) is 21.2 Å². The number of halogens is 1. The molecule has 1 aliphatic heterocycles. The number of nitrogens with one attached hydrogen (secondary N) is 1. The maximum atomic E-state index is 11.2. The van der Waals surface area contributed by atoms with E-state index in [4.69, 9.17) is 5.73 Å². The minimum absolute atomic E-state index is 0.129. The van der Waals surface area contributed by atoms with Crippen molar-refractivity contribution in [3.8, 4) is 0 Å². The number of aryl methyl sites for hydroxylation is 1. The Bertz CT molecular complexity index is 389. The molecular formula is C9H9BrN2O. The number of amides is 1. The number of rotatable bonds is 0. The fourth-order valence-electron chi connectivity index (χ4n) is 1.53. The van der Waals surface area contributed by atoms with Crippen LogP contribution < -0.4 is 11.1 Å². The number of benzene rings is 1. The summed E-state index contributed by atoms with van der Waals surface area (Å²) < 4.78 is 0.954. The van der Waals surface area contributed by atoms with Crippen molar-refractivity contribution in [1.29, 1.82) is 0 Å². The van der Waals surface area contributed by atoms with E-state index in [-0.39, 0.29) is 5.91 Å². The van der Waals surface area contributed by atoms with Gasteiger partial charge in [-0.15, -0.1) is 0 Å². The summed E-state index contributed by atoms with van der Waals surface area (Å²) in [6.07, 6.45) is 0. The Morgan fingerprint density at radius 2 is 2.23 bits per heavy atom. The average Bonchev–Trinajstić information content (AvgIpc) is 2.32. The summed E-state index contributed by atoms with van der Waals surface area (Å²) in [5, 5.41) is 2.76. The molecule has 1 aromatic carbocycles. The van der Waals surface area contributed by atoms with Crippen molar-refractivity contribution in [2.45, 2.75) is 13.0 Å². The molecule has 13 heavy (non-hydrogen) atoms. The number of carbonyl (C=O) groups excluding carboxylic acids is 1. The van der Waals surface area contributed by atoms with Gasteiger partial charge >= 0.3 is 0 Å². The summed E-state index contributed by atoms with van der Waals surface area (Å²) in [6.45, 7) is 1.95. The van der Waals surface area contributed by atoms with Crippen LogP contribution in [0.4, 0.5) is 5.69 Å². The maximum absolute atomic E-state index is 11.2. The fourth-order valence-corrected chi connectivity index (χ4v) is 2.12. The monoisotopic (exact) mass is 240 g/mol. The van der Waals surface area contributed by atoms with Gasteiger partial charge in [0.15, 0.2) is 0 Å². The zero-order valence-corrected chi connectivity index (χ0v) is 8.68. The molecule has 1 heterocycles. The predicted octanol–water partition coefficient (Wildman–Crippen LogP) is 1.71. The molecule has 0 aliphatic carbocycles. The largest absolute Gasteiger partial charge is 0.324 e. The van der Waals surface area contributed by atoms with Gasteiger partial charge in [-0.25, -0.2) is 0 Å². The Hall–Kier alpha value is -0.870. The predicted molar refractivity (Wildman–Crippen MR) is 54.4 cm³/mol. The van der Waals surface area contributed by atoms with E-state index in [1.54, 1.807) is 0 Å². The summed E-state index contributed by atoms with van der Waals surface area (Å²) >= 11 is 3.37. The lowest BCUT2D eigenvalue weighted by atomic mass is 10.1. The maximum Gasteiger partial charge on any atom is 0.245 e. The summed E-state index contributed by atoms with van der Waals surface area (Å²) in [7, 11) is 0. The highest BCUT2D eigenvalue weighted by molar-refractivity contribution is 9.10. The van der Waals surface area contributed by atoms with Crippen LogP contribution in [0, 0.1) is 6.92 Å². The Balaban J connectivity index is 2.63. The van der Waals surface area contributed by atoms with Crippen LogP contribution in [0.1, 0.15) is 17.2 Å². The number of anilines is 1. The molecule has 0 bridgehead atoms. The molecule has 0 saturated heterocycles. The van der Waals surface area contributed by atoms with E-state index in [9.17, 15) is 4.79 Å². The molecule has 4 heteroatoms. The van der Waals surface area contributed by atoms with Crippen molar-refractivity contribution >= 4 is 27.5 Å². The van der Waals surface area contributed by atoms with Crippen molar-refractivity contribution < 1.29 is 4.79 Å². The molecule has 68 valence electrons. The van der Waals surface area contributed by atoms with E-state index in [1.807, 2.05) is 19.1 Å². The molecular weight excluding hydrogens is 232 g/mol. The summed E-state index contributed by atoms with van der Waals surface area (Å²) in [4.78, 5) is 11.2. The number of hydrogen-bond acceptors (Lipinski definition) is 2. The first-order chi connectivity index (χ1) is 6.09. The van der Waals surface area contributed by atoms with E-state index in [1.165, 1.54) is 0 Å². The smallest absolute Gasteiger partial charge is 0.245 e. The molecule has 1 amide bonds. The third-order valence-corrected chi connectivity index (χ3v) is 2.65. The van der Waals surface area contributed by atoms with Crippen molar-refractivity contribution in [2.75, 3.05) is 5.32 Å². The second-order valence-electron chi connectivity index (χ2n) is 3.15. The lowest BCUT2D eigenvalue weighted by Gasteiger charge is -2.04. The van der Waals surface area contributed by atoms with Crippen molar-refractivity contribution in [3.05, 3.63) is 27.7 Å². The van der Waals surface area contributed by atoms with Crippen molar-refractivity contribution in [3.63, 3.8) is 0 Å². The van der Waals surface area contributed by atoms with Gasteiger partial charge in [-0.1, -0.05) is 15.9 Å². The lowest BCUT2D eigenvalue weighted by Crippen LogP contribution is -2.19. The van der Waals surface area contributed by atoms with Gasteiger partial charge in [0.1, 0.15) is 6.04 Å². The van der Waals surface area contributed by atoms with Gasteiger partial charge in [-0.05, 0) is 24.6 Å². The Morgan fingerprint density at radius 3 is 2.92 bits per heavy atom. The van der Waals surface area contributed by atoms with Crippen LogP contribution in [0.2, 0.25) is 0 Å². The zero-order chi connectivity index (χ0) is 9.59. The highest BCUT2D eigenvalue weighted by Gasteiger charge is 2.28. The highest BCUT2D eigenvalue weighted by atomic mass is 79.9. The molecule has 0 saturated carbocycles. The number of nitrogens with two attached hydrogens (primary N) is 1. The number of carbonyl (C=O) groups is 1. The Morgan fingerprint density at radius 1 is 1.54 bits per heavy atom. The zero-order valence-electron chi connectivity index (χ0n) is 7.10. The van der Waals surface area contributed by atoms with E-state index in [0.29, 0.717) is 0 Å². The van der Waals surface area contributed by atoms with Gasteiger partial charge in [0.05, 0.1) is 0 Å². The standard InChI is InChI=1S/C9H9BrN2O/c1-4-2-5(10)3-6-7(11)9(13)12-8(4)6/h2-3,7H,11H2,1H3,(H,12,13). The van der Waals surface area contributed by atoms with E-state index < -0.39 is 6.04 Å². The second-order valence-corrected chi connectivity index (χ2v) is 4.07. The number of fused-ring (bicyclic) bond motifs is 1. The summed E-state index contributed by atoms with van der Waals surface area (Å²) in [5.41, 5.74) is 8.46. The molecule has 3 nitrogen and oxygen atoms in total. The van der Waals surface area contributed by atoms with E-state index in [0.717, 1.165) is 21.3 Å². The van der Waals surface area contributed by atoms with E-state index >= 15 is 0 Å². The molecule has 2 rings (SSSR count). The lowest BCUT2D eigenvalue weighted by molar-refractivity contribution is -0.116. The van der Waals surface area contributed by atoms with Crippen LogP contribution in [0.5, 0.6) is 0 Å². The van der Waals surface area contributed by atoms with Gasteiger partial charge in [-0.2, -0.15) is 0 Å². The third kappa shape index (κ3) is 1.26. The number of hydrogen-bond donors (Lipinski definition) is 2. The summed E-state index contributed by atoms with van der Waals surface area (Å²) in [6, 6.07) is 3.31. The quantitative estimate of drug-likeness (QED) is 0.726. The first-order valence-corrected chi connectivity index (χ1v) is 4.75. The first kappa shape index (κ1) is 8.72. The van der Waals surface area contributed by atoms with Crippen molar-refractivity contribution in [2.24, 2.45) is 5.73 Å². The van der Waals surface area contributed by atoms with Gasteiger partial charge in [0, 0.05) is 15.7 Å². The first-order valence-electron chi connectivity index (χ1n) is 3.96. The van der Waals surface area contributed by atoms with Crippen LogP contribution >= 0.6 is 15.9 Å². The minimum Gasteiger partial charge on any atom is -0.324 e. The van der Waals surface area contributed by atoms with Gasteiger partial charge < -0.3 is 11.1 Å². The summed E-state index contributed by atoms with van der Waals surface area (Å²) in [5.74, 6) is -0.129. The molecule has 1 atom stereocenters. The topological polar surface area (TPSA) is 55.1 Å². The molecule has 1 aromatic rings. The molecule has 0 radical (unpaired) electrons. The molecule has 1 aliphatic rings. The molecule has 3 N–H and O–H groups in total. The molecule has 0 aromatic heterocycles. The molecule has 1 unspecified atom stereocenters. The van der Waals surface area contributed by atoms with Gasteiger partial charge in [0.2, 0.25) is 5.91 Å². The normalized spacial score (nSPS) is 19.9. The Kier molecular flexibility index (Phi) is 1.89. The third-order valence-electron chi connectivity index (χ3n) is 2.20. The van der Waals surface area contributed by atoms with Gasteiger partial charge in [0.25, 0.3) is 0 Å². The second kappa shape index (κ2) is 2.82. The van der Waals surface area contributed by atoms with Crippen LogP contribution in [0.15, 0.2) is 16.6 Å². The Labute approximate surface area is 84.4 Å². The molecule has 0 fully saturated rings. The average molecular weight is 241 g/mol. The fraction of sp³-hybridized carbons (Fsp3) is 0.222. The minimum atomic E-state index is -0.522. The molecule has 0 spiro atoms.